The molecule has 0 radical (unpaired) electrons. The summed E-state index contributed by atoms with van der Waals surface area (Å²) in [4.78, 5) is 10.1. The SMILES string of the molecule is C=C/C=C(\C=C/C)C1=N/C(=C)c2ncc(C3=CC=C4C=CC5=CC(c6ccc(C7NC8=C(C=CCC8)[C@]8(C)c9oc%10c(c9C=CC78)C=CCC%10)cc6)=CC6CC=C3C4C56)cc2/C=C\C/C=C\1. The first-order valence-corrected chi connectivity index (χ1v) is 24.0. The molecule has 4 heterocycles. The fraction of sp³-hybridized carbons (Fsp3) is 0.226. The van der Waals surface area contributed by atoms with E-state index in [-0.39, 0.29) is 17.4 Å². The van der Waals surface area contributed by atoms with Crippen LogP contribution in [0.25, 0.3) is 35.1 Å². The zero-order valence-electron chi connectivity index (χ0n) is 37.9. The van der Waals surface area contributed by atoms with Gasteiger partial charge < -0.3 is 9.73 Å². The first kappa shape index (κ1) is 40.5. The van der Waals surface area contributed by atoms with Crippen molar-refractivity contribution in [3.05, 3.63) is 243 Å². The van der Waals surface area contributed by atoms with Crippen LogP contribution in [-0.2, 0) is 11.8 Å². The van der Waals surface area contributed by atoms with Crippen molar-refractivity contribution in [3.8, 4) is 0 Å². The molecule has 5 unspecified atom stereocenters. The van der Waals surface area contributed by atoms with Crippen LogP contribution in [0.4, 0.5) is 0 Å². The van der Waals surface area contributed by atoms with Crippen molar-refractivity contribution >= 4 is 40.8 Å². The highest BCUT2D eigenvalue weighted by molar-refractivity contribution is 6.12. The van der Waals surface area contributed by atoms with Crippen LogP contribution in [0.2, 0.25) is 0 Å². The Bertz CT molecular complexity index is 3120. The van der Waals surface area contributed by atoms with Gasteiger partial charge in [0.15, 0.2) is 0 Å². The lowest BCUT2D eigenvalue weighted by molar-refractivity contribution is 0.244. The number of aromatic nitrogens is 1. The number of benzene rings is 1. The van der Waals surface area contributed by atoms with Crippen LogP contribution in [0.1, 0.15) is 103 Å². The van der Waals surface area contributed by atoms with Crippen LogP contribution in [0.5, 0.6) is 0 Å². The lowest BCUT2D eigenvalue weighted by Gasteiger charge is -2.49. The molecular formula is C62H55N3O. The monoisotopic (exact) mass is 857 g/mol. The van der Waals surface area contributed by atoms with Gasteiger partial charge in [-0.2, -0.15) is 0 Å². The first-order valence-electron chi connectivity index (χ1n) is 24.0. The fourth-order valence-electron chi connectivity index (χ4n) is 12.4. The lowest BCUT2D eigenvalue weighted by Crippen LogP contribution is -2.48. The van der Waals surface area contributed by atoms with Gasteiger partial charge >= 0.3 is 0 Å². The fourth-order valence-corrected chi connectivity index (χ4v) is 12.4. The van der Waals surface area contributed by atoms with E-state index in [0.29, 0.717) is 23.5 Å². The highest BCUT2D eigenvalue weighted by Crippen LogP contribution is 2.57. The molecule has 0 spiro atoms. The average Bonchev–Trinajstić information content (AvgIpc) is 3.75. The predicted molar refractivity (Wildman–Crippen MR) is 275 cm³/mol. The molecule has 2 aromatic heterocycles. The third kappa shape index (κ3) is 6.48. The highest BCUT2D eigenvalue weighted by atomic mass is 16.3. The van der Waals surface area contributed by atoms with Gasteiger partial charge in [-0.1, -0.05) is 159 Å². The molecule has 0 fully saturated rings. The second-order valence-corrected chi connectivity index (χ2v) is 19.2. The first-order chi connectivity index (χ1) is 32.4. The van der Waals surface area contributed by atoms with Crippen molar-refractivity contribution in [2.24, 2.45) is 28.7 Å². The van der Waals surface area contributed by atoms with E-state index in [1.165, 1.54) is 61.4 Å². The Morgan fingerprint density at radius 3 is 2.64 bits per heavy atom. The summed E-state index contributed by atoms with van der Waals surface area (Å²) in [5.41, 5.74) is 19.9. The summed E-state index contributed by atoms with van der Waals surface area (Å²) in [7, 11) is 0. The standard InChI is InChI=1S/C62H55N3O/c1-5-14-40(15-6-2)54-19-9-7-8-16-45-36-47(37-63-59(45)38(3)64-54)48-30-28-41-24-27-43-34-46(35-44-29-31-50(48)58(41)57(43)44)39-22-25-42(26-23-39)60-53-33-32-51-49-17-10-13-21-56(49)66-61(51)62(53,4)52-18-11-12-20-55(52)65-60/h5-6,8-11,14-19,22-28,30-37,44,53,57-58,60,65H,1,3,7,12-13,20-21,29H2,2,4H3/b15-6-,16-8-,19-9-,40-14+,64-54+/t44?,53?,57?,58?,60?,62-/m0/s1. The second kappa shape index (κ2) is 16.1. The Morgan fingerprint density at radius 2 is 1.76 bits per heavy atom. The topological polar surface area (TPSA) is 50.4 Å². The van der Waals surface area contributed by atoms with E-state index >= 15 is 0 Å². The summed E-state index contributed by atoms with van der Waals surface area (Å²) < 4.78 is 6.87. The number of rotatable bonds is 6. The molecule has 2 aliphatic heterocycles. The zero-order chi connectivity index (χ0) is 44.5. The third-order valence-electron chi connectivity index (χ3n) is 15.5. The molecule has 0 amide bonds. The Hall–Kier alpha value is -7.04. The average molecular weight is 858 g/mol. The highest BCUT2D eigenvalue weighted by Gasteiger charge is 2.52. The zero-order valence-corrected chi connectivity index (χ0v) is 37.9. The number of aliphatic imine (C=N–C) groups is 1. The minimum atomic E-state index is -0.249. The van der Waals surface area contributed by atoms with Crippen LogP contribution in [0.3, 0.4) is 0 Å². The van der Waals surface area contributed by atoms with Crippen LogP contribution < -0.4 is 5.32 Å². The maximum Gasteiger partial charge on any atom is 0.123 e. The van der Waals surface area contributed by atoms with E-state index in [1.54, 1.807) is 6.08 Å². The van der Waals surface area contributed by atoms with E-state index in [2.05, 4.69) is 165 Å². The van der Waals surface area contributed by atoms with Crippen molar-refractivity contribution in [2.75, 3.05) is 0 Å². The molecule has 324 valence electrons. The molecular weight excluding hydrogens is 803 g/mol. The number of allylic oxidation sites excluding steroid dienone is 25. The Morgan fingerprint density at radius 1 is 0.909 bits per heavy atom. The van der Waals surface area contributed by atoms with E-state index in [4.69, 9.17) is 14.4 Å². The third-order valence-corrected chi connectivity index (χ3v) is 15.5. The number of pyridine rings is 1. The minimum absolute atomic E-state index is 0.143. The number of hydrogen-bond acceptors (Lipinski definition) is 4. The Kier molecular flexibility index (Phi) is 9.89. The van der Waals surface area contributed by atoms with Gasteiger partial charge in [0.25, 0.3) is 0 Å². The molecule has 1 aromatic carbocycles. The molecule has 0 saturated carbocycles. The van der Waals surface area contributed by atoms with Crippen LogP contribution >= 0.6 is 0 Å². The molecule has 6 atom stereocenters. The van der Waals surface area contributed by atoms with E-state index < -0.39 is 0 Å². The van der Waals surface area contributed by atoms with Crippen molar-refractivity contribution in [1.82, 2.24) is 10.3 Å². The van der Waals surface area contributed by atoms with Gasteiger partial charge in [-0.05, 0) is 114 Å². The van der Waals surface area contributed by atoms with Crippen molar-refractivity contribution in [3.63, 3.8) is 0 Å². The molecule has 0 bridgehead atoms. The maximum absolute atomic E-state index is 6.87. The van der Waals surface area contributed by atoms with Gasteiger partial charge in [-0.3, -0.25) is 4.98 Å². The summed E-state index contributed by atoms with van der Waals surface area (Å²) in [6, 6.07) is 11.9. The van der Waals surface area contributed by atoms with Crippen molar-refractivity contribution in [2.45, 2.75) is 63.8 Å². The molecule has 4 heteroatoms. The summed E-state index contributed by atoms with van der Waals surface area (Å²) in [6.45, 7) is 12.8. The number of aryl methyl sites for hydroxylation is 1. The second-order valence-electron chi connectivity index (χ2n) is 19.2. The smallest absolute Gasteiger partial charge is 0.123 e. The number of nitrogens with one attached hydrogen (secondary N) is 1. The minimum Gasteiger partial charge on any atom is -0.464 e. The van der Waals surface area contributed by atoms with Gasteiger partial charge in [-0.25, -0.2) is 4.99 Å². The van der Waals surface area contributed by atoms with Gasteiger partial charge in [0.2, 0.25) is 0 Å². The van der Waals surface area contributed by atoms with Crippen LogP contribution in [0, 0.1) is 23.7 Å². The van der Waals surface area contributed by atoms with E-state index in [9.17, 15) is 0 Å². The molecule has 7 aliphatic carbocycles. The predicted octanol–water partition coefficient (Wildman–Crippen LogP) is 14.7. The number of nitrogens with zero attached hydrogens (tertiary/aromatic N) is 2. The maximum atomic E-state index is 6.87. The quantitative estimate of drug-likeness (QED) is 0.251. The number of furan rings is 1. The number of hydrogen-bond donors (Lipinski definition) is 1. The summed E-state index contributed by atoms with van der Waals surface area (Å²) in [5.74, 6) is 3.62. The molecule has 12 rings (SSSR count). The Labute approximate surface area is 389 Å². The molecule has 3 aromatic rings. The summed E-state index contributed by atoms with van der Waals surface area (Å²) in [6.07, 6.45) is 55.4. The lowest BCUT2D eigenvalue weighted by atomic mass is 9.58. The molecule has 1 N–H and O–H groups in total. The molecule has 66 heavy (non-hydrogen) atoms. The van der Waals surface area contributed by atoms with Crippen molar-refractivity contribution < 1.29 is 4.42 Å². The molecule has 0 saturated heterocycles. The van der Waals surface area contributed by atoms with Gasteiger partial charge in [0.1, 0.15) is 11.5 Å². The van der Waals surface area contributed by atoms with Gasteiger partial charge in [0.05, 0.1) is 28.6 Å². The largest absolute Gasteiger partial charge is 0.464 e. The van der Waals surface area contributed by atoms with Crippen molar-refractivity contribution in [1.29, 1.82) is 0 Å². The van der Waals surface area contributed by atoms with Crippen LogP contribution in [0.15, 0.2) is 202 Å². The van der Waals surface area contributed by atoms with Gasteiger partial charge in [0, 0.05) is 58.3 Å². The summed E-state index contributed by atoms with van der Waals surface area (Å²) in [5, 5.41) is 4.07. The number of fused-ring (bicyclic) bond motifs is 7. The van der Waals surface area contributed by atoms with E-state index in [1.807, 2.05) is 25.3 Å². The normalized spacial score (nSPS) is 29.5. The summed E-state index contributed by atoms with van der Waals surface area (Å²) >= 11 is 0. The van der Waals surface area contributed by atoms with Gasteiger partial charge in [-0.15, -0.1) is 0 Å². The molecule has 4 nitrogen and oxygen atoms in total. The van der Waals surface area contributed by atoms with Crippen LogP contribution in [-0.4, -0.2) is 10.7 Å². The molecule has 9 aliphatic rings. The Balaban J connectivity index is 0.829. The van der Waals surface area contributed by atoms with E-state index in [0.717, 1.165) is 78.2 Å².